The molecule has 2 rings (SSSR count). The molecule has 1 atom stereocenters. The molecular weight excluding hydrogens is 292 g/mol. The zero-order chi connectivity index (χ0) is 17.0. The first-order valence-electron chi connectivity index (χ1n) is 7.61. The van der Waals surface area contributed by atoms with Crippen LogP contribution in [0.15, 0.2) is 42.6 Å². The number of likely N-dealkylation sites (N-methyl/N-ethyl adjacent to an activating group) is 1. The quantitative estimate of drug-likeness (QED) is 0.891. The summed E-state index contributed by atoms with van der Waals surface area (Å²) in [6.07, 6.45) is 1.84. The van der Waals surface area contributed by atoms with Gasteiger partial charge >= 0.3 is 6.03 Å². The fourth-order valence-electron chi connectivity index (χ4n) is 2.36. The van der Waals surface area contributed by atoms with Gasteiger partial charge in [-0.1, -0.05) is 30.3 Å². The average Bonchev–Trinajstić information content (AvgIpc) is 2.94. The third kappa shape index (κ3) is 4.82. The van der Waals surface area contributed by atoms with Gasteiger partial charge in [-0.3, -0.25) is 10.00 Å². The molecule has 0 aliphatic rings. The molecule has 0 saturated carbocycles. The van der Waals surface area contributed by atoms with E-state index in [2.05, 4.69) is 10.4 Å². The number of rotatable bonds is 5. The second-order valence-corrected chi connectivity index (χ2v) is 6.37. The molecule has 0 aliphatic carbocycles. The van der Waals surface area contributed by atoms with Gasteiger partial charge in [0.1, 0.15) is 0 Å². The molecule has 1 aromatic heterocycles. The van der Waals surface area contributed by atoms with Gasteiger partial charge in [-0.2, -0.15) is 5.10 Å². The zero-order valence-electron chi connectivity index (χ0n) is 14.0. The van der Waals surface area contributed by atoms with Crippen LogP contribution in [0.25, 0.3) is 0 Å². The highest BCUT2D eigenvalue weighted by molar-refractivity contribution is 5.88. The van der Waals surface area contributed by atoms with Crippen molar-refractivity contribution in [2.45, 2.75) is 32.4 Å². The van der Waals surface area contributed by atoms with Crippen molar-refractivity contribution in [3.8, 4) is 0 Å². The lowest BCUT2D eigenvalue weighted by molar-refractivity contribution is 0.0550. The molecule has 6 heteroatoms. The number of hydrogen-bond acceptors (Lipinski definition) is 3. The Kier molecular flexibility index (Phi) is 5.05. The number of carbonyl (C=O) groups is 1. The van der Waals surface area contributed by atoms with Gasteiger partial charge in [0.2, 0.25) is 0 Å². The zero-order valence-corrected chi connectivity index (χ0v) is 14.0. The minimum absolute atomic E-state index is 0.0796. The molecule has 23 heavy (non-hydrogen) atoms. The van der Waals surface area contributed by atoms with Crippen LogP contribution >= 0.6 is 0 Å². The first-order valence-corrected chi connectivity index (χ1v) is 7.61. The van der Waals surface area contributed by atoms with Crippen LogP contribution in [0.5, 0.6) is 0 Å². The minimum Gasteiger partial charge on any atom is -0.389 e. The van der Waals surface area contributed by atoms with Gasteiger partial charge < -0.3 is 10.0 Å². The molecule has 0 radical (unpaired) electrons. The Bertz CT molecular complexity index is 646. The first kappa shape index (κ1) is 17.0. The van der Waals surface area contributed by atoms with Gasteiger partial charge in [-0.15, -0.1) is 0 Å². The van der Waals surface area contributed by atoms with Crippen LogP contribution in [0.4, 0.5) is 10.6 Å². The molecule has 124 valence electrons. The molecule has 0 aliphatic heterocycles. The van der Waals surface area contributed by atoms with E-state index in [0.29, 0.717) is 5.82 Å². The third-order valence-corrected chi connectivity index (χ3v) is 3.49. The number of nitrogens with zero attached hydrogens (tertiary/aromatic N) is 3. The monoisotopic (exact) mass is 316 g/mol. The summed E-state index contributed by atoms with van der Waals surface area (Å²) in [4.78, 5) is 13.5. The summed E-state index contributed by atoms with van der Waals surface area (Å²) in [6.45, 7) is 5.61. The van der Waals surface area contributed by atoms with Gasteiger partial charge in [0, 0.05) is 19.3 Å². The molecule has 1 aromatic carbocycles. The predicted octanol–water partition coefficient (Wildman–Crippen LogP) is 2.73. The van der Waals surface area contributed by atoms with Crippen LogP contribution in [0.2, 0.25) is 0 Å². The van der Waals surface area contributed by atoms with E-state index in [-0.39, 0.29) is 18.6 Å². The topological polar surface area (TPSA) is 70.4 Å². The number of aromatic nitrogens is 2. The van der Waals surface area contributed by atoms with Crippen molar-refractivity contribution in [2.75, 3.05) is 18.9 Å². The molecule has 0 saturated heterocycles. The minimum atomic E-state index is -0.937. The number of aliphatic hydroxyl groups is 1. The Labute approximate surface area is 136 Å². The van der Waals surface area contributed by atoms with Gasteiger partial charge in [-0.05, 0) is 26.3 Å². The lowest BCUT2D eigenvalue weighted by Crippen LogP contribution is -2.41. The normalized spacial score (nSPS) is 12.7. The number of benzene rings is 1. The summed E-state index contributed by atoms with van der Waals surface area (Å²) < 4.78 is 1.81. The molecule has 2 N–H and O–H groups in total. The van der Waals surface area contributed by atoms with Gasteiger partial charge in [0.05, 0.1) is 18.2 Å². The van der Waals surface area contributed by atoms with E-state index in [1.165, 1.54) is 4.90 Å². The van der Waals surface area contributed by atoms with Crippen molar-refractivity contribution >= 4 is 11.8 Å². The van der Waals surface area contributed by atoms with E-state index in [1.807, 2.05) is 43.5 Å². The summed E-state index contributed by atoms with van der Waals surface area (Å²) in [5.41, 5.74) is 0.209. The van der Waals surface area contributed by atoms with Crippen molar-refractivity contribution in [1.29, 1.82) is 0 Å². The largest absolute Gasteiger partial charge is 0.389 e. The van der Waals surface area contributed by atoms with Crippen LogP contribution in [-0.4, -0.2) is 45.0 Å². The van der Waals surface area contributed by atoms with Gasteiger partial charge in [0.25, 0.3) is 0 Å². The standard InChI is InChI=1S/C17H24N4O2/c1-13(14-8-6-5-7-9-14)21-11-10-15(19-21)18-16(22)20(4)12-17(2,3)23/h5-11,13,23H,12H2,1-4H3,(H,18,19,22). The lowest BCUT2D eigenvalue weighted by atomic mass is 10.1. The van der Waals surface area contributed by atoms with E-state index >= 15 is 0 Å². The smallest absolute Gasteiger partial charge is 0.322 e. The molecule has 1 unspecified atom stereocenters. The maximum Gasteiger partial charge on any atom is 0.322 e. The van der Waals surface area contributed by atoms with E-state index in [1.54, 1.807) is 31.6 Å². The van der Waals surface area contributed by atoms with E-state index < -0.39 is 5.60 Å². The lowest BCUT2D eigenvalue weighted by Gasteiger charge is -2.25. The predicted molar refractivity (Wildman–Crippen MR) is 90.4 cm³/mol. The fourth-order valence-corrected chi connectivity index (χ4v) is 2.36. The first-order chi connectivity index (χ1) is 10.8. The number of hydrogen-bond donors (Lipinski definition) is 2. The van der Waals surface area contributed by atoms with Crippen molar-refractivity contribution < 1.29 is 9.90 Å². The van der Waals surface area contributed by atoms with Crippen molar-refractivity contribution in [2.24, 2.45) is 0 Å². The van der Waals surface area contributed by atoms with Crippen LogP contribution in [-0.2, 0) is 0 Å². The maximum absolute atomic E-state index is 12.1. The molecule has 0 bridgehead atoms. The molecule has 6 nitrogen and oxygen atoms in total. The fraction of sp³-hybridized carbons (Fsp3) is 0.412. The van der Waals surface area contributed by atoms with Crippen molar-refractivity contribution in [1.82, 2.24) is 14.7 Å². The van der Waals surface area contributed by atoms with Gasteiger partial charge in [0.15, 0.2) is 5.82 Å². The number of anilines is 1. The Morgan fingerprint density at radius 1 is 1.35 bits per heavy atom. The van der Waals surface area contributed by atoms with Crippen molar-refractivity contribution in [3.05, 3.63) is 48.2 Å². The van der Waals surface area contributed by atoms with E-state index in [9.17, 15) is 9.90 Å². The SMILES string of the molecule is CC(c1ccccc1)n1ccc(NC(=O)N(C)CC(C)(C)O)n1. The van der Waals surface area contributed by atoms with E-state index in [4.69, 9.17) is 0 Å². The molecule has 1 heterocycles. The Morgan fingerprint density at radius 2 is 2.00 bits per heavy atom. The third-order valence-electron chi connectivity index (χ3n) is 3.49. The summed E-state index contributed by atoms with van der Waals surface area (Å²) >= 11 is 0. The number of nitrogens with one attached hydrogen (secondary N) is 1. The Balaban J connectivity index is 2.01. The summed E-state index contributed by atoms with van der Waals surface area (Å²) in [7, 11) is 1.64. The maximum atomic E-state index is 12.1. The van der Waals surface area contributed by atoms with Crippen LogP contribution in [0.1, 0.15) is 32.4 Å². The number of carbonyl (C=O) groups excluding carboxylic acids is 1. The summed E-state index contributed by atoms with van der Waals surface area (Å²) in [5.74, 6) is 0.486. The van der Waals surface area contributed by atoms with Crippen molar-refractivity contribution in [3.63, 3.8) is 0 Å². The Hall–Kier alpha value is -2.34. The highest BCUT2D eigenvalue weighted by atomic mass is 16.3. The molecular formula is C17H24N4O2. The van der Waals surface area contributed by atoms with Crippen LogP contribution in [0, 0.1) is 0 Å². The highest BCUT2D eigenvalue weighted by Crippen LogP contribution is 2.18. The van der Waals surface area contributed by atoms with E-state index in [0.717, 1.165) is 5.56 Å². The summed E-state index contributed by atoms with van der Waals surface area (Å²) in [5, 5.41) is 16.9. The summed E-state index contributed by atoms with van der Waals surface area (Å²) in [6, 6.07) is 11.6. The molecule has 2 amide bonds. The molecule has 0 fully saturated rings. The number of urea groups is 1. The Morgan fingerprint density at radius 3 is 2.61 bits per heavy atom. The average molecular weight is 316 g/mol. The second kappa shape index (κ2) is 6.83. The highest BCUT2D eigenvalue weighted by Gasteiger charge is 2.20. The van der Waals surface area contributed by atoms with Crippen LogP contribution in [0.3, 0.4) is 0 Å². The van der Waals surface area contributed by atoms with Crippen LogP contribution < -0.4 is 5.32 Å². The van der Waals surface area contributed by atoms with Gasteiger partial charge in [-0.25, -0.2) is 4.79 Å². The second-order valence-electron chi connectivity index (χ2n) is 6.37. The number of amides is 2. The molecule has 0 spiro atoms. The molecule has 2 aromatic rings.